The molecule has 7 nitrogen and oxygen atoms in total. The van der Waals surface area contributed by atoms with E-state index >= 15 is 0 Å². The lowest BCUT2D eigenvalue weighted by Gasteiger charge is -2.35. The summed E-state index contributed by atoms with van der Waals surface area (Å²) in [7, 11) is 3.13. The van der Waals surface area contributed by atoms with Crippen LogP contribution in [0.15, 0.2) is 54.6 Å². The van der Waals surface area contributed by atoms with Gasteiger partial charge in [-0.05, 0) is 67.5 Å². The van der Waals surface area contributed by atoms with Gasteiger partial charge in [-0.25, -0.2) is 9.59 Å². The summed E-state index contributed by atoms with van der Waals surface area (Å²) in [5.41, 5.74) is 1.11. The average molecular weight is 594 g/mol. The molecule has 190 valence electrons. The number of hydrogen-bond acceptors (Lipinski definition) is 5. The first-order valence-corrected chi connectivity index (χ1v) is 12.7. The first kappa shape index (κ1) is 28.6. The highest BCUT2D eigenvalue weighted by molar-refractivity contribution is 14.1. The highest BCUT2D eigenvalue weighted by atomic mass is 127. The first-order valence-electron chi connectivity index (χ1n) is 11.6. The number of carbonyl (C=O) groups is 3. The van der Waals surface area contributed by atoms with Crippen molar-refractivity contribution < 1.29 is 23.9 Å². The molecule has 0 aliphatic heterocycles. The normalized spacial score (nSPS) is 12.9. The van der Waals surface area contributed by atoms with Crippen LogP contribution in [0.2, 0.25) is 0 Å². The van der Waals surface area contributed by atoms with E-state index in [4.69, 9.17) is 9.47 Å². The number of rotatable bonds is 9. The number of nitrogens with zero attached hydrogens (tertiary/aromatic N) is 2. The van der Waals surface area contributed by atoms with Gasteiger partial charge in [0.05, 0.1) is 6.61 Å². The van der Waals surface area contributed by atoms with Crippen LogP contribution >= 0.6 is 22.6 Å². The fourth-order valence-electron chi connectivity index (χ4n) is 3.57. The van der Waals surface area contributed by atoms with Crippen LogP contribution in [0.3, 0.4) is 0 Å². The smallest absolute Gasteiger partial charge is 0.410 e. The summed E-state index contributed by atoms with van der Waals surface area (Å²) in [5.74, 6) is -0.854. The summed E-state index contributed by atoms with van der Waals surface area (Å²) in [5, 5.41) is 0. The molecule has 0 saturated heterocycles. The van der Waals surface area contributed by atoms with Gasteiger partial charge in [-0.2, -0.15) is 0 Å². The van der Waals surface area contributed by atoms with Gasteiger partial charge < -0.3 is 14.4 Å². The lowest BCUT2D eigenvalue weighted by Crippen LogP contribution is -2.55. The minimum absolute atomic E-state index is 0.203. The zero-order valence-electron chi connectivity index (χ0n) is 21.3. The zero-order valence-corrected chi connectivity index (χ0v) is 23.4. The maximum absolute atomic E-state index is 13.9. The molecule has 8 heteroatoms. The minimum atomic E-state index is -0.871. The van der Waals surface area contributed by atoms with Crippen molar-refractivity contribution in [3.05, 3.63) is 69.3 Å². The molecule has 2 amide bonds. The van der Waals surface area contributed by atoms with Gasteiger partial charge in [-0.1, -0.05) is 48.5 Å². The monoisotopic (exact) mass is 594 g/mol. The van der Waals surface area contributed by atoms with Gasteiger partial charge in [0.25, 0.3) is 0 Å². The molecule has 0 bridgehead atoms. The Morgan fingerprint density at radius 3 is 2.06 bits per heavy atom. The van der Waals surface area contributed by atoms with E-state index in [1.807, 2.05) is 54.6 Å². The Balaban J connectivity index is 2.39. The topological polar surface area (TPSA) is 76.2 Å². The number of ether oxygens (including phenoxy) is 2. The molecule has 35 heavy (non-hydrogen) atoms. The maximum Gasteiger partial charge on any atom is 0.410 e. The van der Waals surface area contributed by atoms with Gasteiger partial charge in [0.1, 0.15) is 17.7 Å². The highest BCUT2D eigenvalue weighted by Crippen LogP contribution is 2.20. The van der Waals surface area contributed by atoms with E-state index in [2.05, 4.69) is 22.6 Å². The lowest BCUT2D eigenvalue weighted by atomic mass is 10.0. The Hall–Kier alpha value is -2.62. The largest absolute Gasteiger partial charge is 0.464 e. The molecule has 0 fully saturated rings. The van der Waals surface area contributed by atoms with Crippen molar-refractivity contribution >= 4 is 40.6 Å². The van der Waals surface area contributed by atoms with Crippen molar-refractivity contribution in [3.8, 4) is 0 Å². The molecular weight excluding hydrogens is 559 g/mol. The number of hydrogen-bond donors (Lipinski definition) is 0. The Kier molecular flexibility index (Phi) is 10.5. The van der Waals surface area contributed by atoms with Gasteiger partial charge in [0, 0.05) is 30.5 Å². The van der Waals surface area contributed by atoms with Crippen LogP contribution in [0.25, 0.3) is 0 Å². The first-order chi connectivity index (χ1) is 16.4. The van der Waals surface area contributed by atoms with Crippen LogP contribution in [0, 0.1) is 3.57 Å². The van der Waals surface area contributed by atoms with Crippen LogP contribution in [-0.2, 0) is 31.9 Å². The second-order valence-corrected chi connectivity index (χ2v) is 10.5. The van der Waals surface area contributed by atoms with E-state index < -0.39 is 29.7 Å². The third kappa shape index (κ3) is 8.52. The predicted octanol–water partition coefficient (Wildman–Crippen LogP) is 4.70. The summed E-state index contributed by atoms with van der Waals surface area (Å²) in [6, 6.07) is 15.4. The number of halogens is 1. The molecule has 2 aromatic carbocycles. The van der Waals surface area contributed by atoms with Crippen LogP contribution < -0.4 is 0 Å². The summed E-state index contributed by atoms with van der Waals surface area (Å²) in [6.45, 7) is 7.26. The van der Waals surface area contributed by atoms with E-state index in [-0.39, 0.29) is 18.9 Å². The number of benzene rings is 2. The Morgan fingerprint density at radius 2 is 1.49 bits per heavy atom. The van der Waals surface area contributed by atoms with Crippen LogP contribution in [-0.4, -0.2) is 66.2 Å². The van der Waals surface area contributed by atoms with Gasteiger partial charge >= 0.3 is 12.1 Å². The number of likely N-dealkylation sites (N-methyl/N-ethyl adjacent to an activating group) is 2. The maximum atomic E-state index is 13.9. The molecule has 0 spiro atoms. The van der Waals surface area contributed by atoms with Crippen molar-refractivity contribution in [1.29, 1.82) is 0 Å². The molecular formula is C27H35IN2O5. The molecule has 0 saturated carbocycles. The molecule has 0 radical (unpaired) electrons. The second kappa shape index (κ2) is 12.9. The number of carbonyl (C=O) groups excluding carboxylic acids is 3. The Morgan fingerprint density at radius 1 is 0.886 bits per heavy atom. The van der Waals surface area contributed by atoms with E-state index in [9.17, 15) is 14.4 Å². The van der Waals surface area contributed by atoms with Crippen molar-refractivity contribution in [2.75, 3.05) is 20.7 Å². The fraction of sp³-hybridized carbons (Fsp3) is 0.444. The molecule has 0 aromatic heterocycles. The summed E-state index contributed by atoms with van der Waals surface area (Å²) in [4.78, 5) is 42.4. The minimum Gasteiger partial charge on any atom is -0.464 e. The molecule has 2 rings (SSSR count). The van der Waals surface area contributed by atoms with Gasteiger partial charge in [0.15, 0.2) is 0 Å². The van der Waals surface area contributed by atoms with Crippen molar-refractivity contribution in [3.63, 3.8) is 0 Å². The molecule has 0 heterocycles. The average Bonchev–Trinajstić information content (AvgIpc) is 2.80. The van der Waals surface area contributed by atoms with Crippen LogP contribution in [0.1, 0.15) is 38.8 Å². The molecule has 0 aliphatic rings. The number of esters is 1. The third-order valence-corrected chi connectivity index (χ3v) is 6.50. The van der Waals surface area contributed by atoms with Crippen molar-refractivity contribution in [2.45, 2.75) is 58.2 Å². The summed E-state index contributed by atoms with van der Waals surface area (Å²) >= 11 is 2.21. The quantitative estimate of drug-likeness (QED) is 0.311. The van der Waals surface area contributed by atoms with Crippen LogP contribution in [0.4, 0.5) is 4.79 Å². The SMILES string of the molecule is CCOC(=O)C(Cc1ccccc1I)N(C)C(=O)[C@H](Cc1ccccc1)N(C)C(=O)OC(C)(C)C. The fourth-order valence-corrected chi connectivity index (χ4v) is 4.17. The molecule has 2 atom stereocenters. The third-order valence-electron chi connectivity index (χ3n) is 5.45. The molecule has 0 N–H and O–H groups in total. The van der Waals surface area contributed by atoms with E-state index in [1.54, 1.807) is 41.8 Å². The Labute approximate surface area is 221 Å². The predicted molar refractivity (Wildman–Crippen MR) is 144 cm³/mol. The van der Waals surface area contributed by atoms with Gasteiger partial charge in [0.2, 0.25) is 5.91 Å². The van der Waals surface area contributed by atoms with Crippen molar-refractivity contribution in [2.24, 2.45) is 0 Å². The van der Waals surface area contributed by atoms with E-state index in [0.717, 1.165) is 14.7 Å². The molecule has 1 unspecified atom stereocenters. The van der Waals surface area contributed by atoms with E-state index in [1.165, 1.54) is 9.80 Å². The van der Waals surface area contributed by atoms with Gasteiger partial charge in [-0.15, -0.1) is 0 Å². The van der Waals surface area contributed by atoms with Crippen LogP contribution in [0.5, 0.6) is 0 Å². The summed E-state index contributed by atoms with van der Waals surface area (Å²) in [6.07, 6.45) is -0.0301. The molecule has 0 aliphatic carbocycles. The highest BCUT2D eigenvalue weighted by Gasteiger charge is 2.37. The summed E-state index contributed by atoms with van der Waals surface area (Å²) < 4.78 is 11.8. The van der Waals surface area contributed by atoms with E-state index in [0.29, 0.717) is 6.42 Å². The second-order valence-electron chi connectivity index (χ2n) is 9.31. The standard InChI is InChI=1S/C27H35IN2O5/c1-7-34-25(32)23(18-20-15-11-12-16-21(20)28)29(5)24(31)22(17-19-13-9-8-10-14-19)30(6)26(33)35-27(2,3)4/h8-16,22-23H,7,17-18H2,1-6H3/t22-,23?/m0/s1. The lowest BCUT2D eigenvalue weighted by molar-refractivity contribution is -0.155. The van der Waals surface area contributed by atoms with Gasteiger partial charge in [-0.3, -0.25) is 9.69 Å². The van der Waals surface area contributed by atoms with Crippen molar-refractivity contribution in [1.82, 2.24) is 9.80 Å². The Bertz CT molecular complexity index is 1010. The number of amides is 2. The molecule has 2 aromatic rings. The zero-order chi connectivity index (χ0) is 26.2.